The Morgan fingerprint density at radius 2 is 1.75 bits per heavy atom. The summed E-state index contributed by atoms with van der Waals surface area (Å²) in [5.74, 6) is 1.87. The minimum Gasteiger partial charge on any atom is -0.369 e. The van der Waals surface area contributed by atoms with Gasteiger partial charge in [0.15, 0.2) is 0 Å². The van der Waals surface area contributed by atoms with Crippen molar-refractivity contribution in [3.8, 4) is 0 Å². The summed E-state index contributed by atoms with van der Waals surface area (Å²) < 4.78 is 12.4. The van der Waals surface area contributed by atoms with Crippen molar-refractivity contribution in [3.05, 3.63) is 0 Å². The summed E-state index contributed by atoms with van der Waals surface area (Å²) in [5.41, 5.74) is -0.0214. The molecule has 0 amide bonds. The first kappa shape index (κ1) is 12.4. The molecule has 2 saturated heterocycles. The van der Waals surface area contributed by atoms with Crippen molar-refractivity contribution >= 4 is 0 Å². The Hall–Kier alpha value is -0.0800. The van der Waals surface area contributed by atoms with Crippen LogP contribution < -0.4 is 0 Å². The Balaban J connectivity index is 2.30. The van der Waals surface area contributed by atoms with Gasteiger partial charge in [-0.15, -0.1) is 0 Å². The SMILES string of the molecule is CC(C)C[C@]12O[C@@H](C)[C@H](OC1C)[C@@H]2C(C)C. The molecule has 2 heteroatoms. The van der Waals surface area contributed by atoms with Gasteiger partial charge in [-0.2, -0.15) is 0 Å². The highest BCUT2D eigenvalue weighted by atomic mass is 16.6. The van der Waals surface area contributed by atoms with Gasteiger partial charge in [0.05, 0.1) is 18.3 Å². The Morgan fingerprint density at radius 1 is 1.12 bits per heavy atom. The molecule has 0 radical (unpaired) electrons. The van der Waals surface area contributed by atoms with E-state index >= 15 is 0 Å². The molecule has 2 aliphatic rings. The second-order valence-electron chi connectivity index (χ2n) is 6.39. The van der Waals surface area contributed by atoms with Crippen LogP contribution in [0.4, 0.5) is 0 Å². The monoisotopic (exact) mass is 226 g/mol. The first-order valence-corrected chi connectivity index (χ1v) is 6.71. The number of fused-ring (bicyclic) bond motifs is 2. The van der Waals surface area contributed by atoms with Crippen molar-refractivity contribution in [1.82, 2.24) is 0 Å². The normalized spacial score (nSPS) is 47.2. The highest BCUT2D eigenvalue weighted by Crippen LogP contribution is 2.54. The summed E-state index contributed by atoms with van der Waals surface area (Å²) in [4.78, 5) is 0. The van der Waals surface area contributed by atoms with Crippen LogP contribution >= 0.6 is 0 Å². The molecule has 2 aliphatic heterocycles. The predicted molar refractivity (Wildman–Crippen MR) is 65.4 cm³/mol. The third-order valence-corrected chi connectivity index (χ3v) is 4.28. The molecule has 2 nitrogen and oxygen atoms in total. The molecular weight excluding hydrogens is 200 g/mol. The molecule has 0 aromatic rings. The molecule has 0 aromatic carbocycles. The Labute approximate surface area is 99.7 Å². The minimum absolute atomic E-state index is 0.0214. The number of hydrogen-bond acceptors (Lipinski definition) is 2. The lowest BCUT2D eigenvalue weighted by Gasteiger charge is -2.38. The van der Waals surface area contributed by atoms with Crippen molar-refractivity contribution in [3.63, 3.8) is 0 Å². The van der Waals surface area contributed by atoms with Gasteiger partial charge in [-0.05, 0) is 32.1 Å². The lowest BCUT2D eigenvalue weighted by Crippen LogP contribution is -2.46. The van der Waals surface area contributed by atoms with Crippen LogP contribution in [0.15, 0.2) is 0 Å². The molecule has 2 fully saturated rings. The van der Waals surface area contributed by atoms with Gasteiger partial charge in [-0.1, -0.05) is 27.7 Å². The summed E-state index contributed by atoms with van der Waals surface area (Å²) in [6.45, 7) is 13.5. The van der Waals surface area contributed by atoms with E-state index in [1.165, 1.54) is 0 Å². The first-order chi connectivity index (χ1) is 7.38. The van der Waals surface area contributed by atoms with E-state index < -0.39 is 0 Å². The Bertz CT molecular complexity index is 261. The fraction of sp³-hybridized carbons (Fsp3) is 1.00. The molecule has 94 valence electrons. The van der Waals surface area contributed by atoms with E-state index in [2.05, 4.69) is 41.5 Å². The standard InChI is InChI=1S/C14H26O2/c1-8(2)7-14-11(6)15-13(10(5)16-14)12(14)9(3)4/h8-13H,7H2,1-6H3/t10-,11?,12-,13-,14-/m0/s1. The van der Waals surface area contributed by atoms with Crippen LogP contribution in [0, 0.1) is 17.8 Å². The van der Waals surface area contributed by atoms with Crippen LogP contribution in [0.2, 0.25) is 0 Å². The third kappa shape index (κ3) is 1.62. The molecule has 0 aromatic heterocycles. The average molecular weight is 226 g/mol. The largest absolute Gasteiger partial charge is 0.369 e. The van der Waals surface area contributed by atoms with Crippen LogP contribution in [-0.2, 0) is 9.47 Å². The van der Waals surface area contributed by atoms with Gasteiger partial charge in [0.25, 0.3) is 0 Å². The maximum absolute atomic E-state index is 6.32. The van der Waals surface area contributed by atoms with Crippen LogP contribution in [-0.4, -0.2) is 23.9 Å². The van der Waals surface area contributed by atoms with Crippen LogP contribution in [0.3, 0.4) is 0 Å². The second-order valence-corrected chi connectivity index (χ2v) is 6.39. The molecule has 2 heterocycles. The predicted octanol–water partition coefficient (Wildman–Crippen LogP) is 3.25. The first-order valence-electron chi connectivity index (χ1n) is 6.71. The highest BCUT2D eigenvalue weighted by molar-refractivity contribution is 5.11. The minimum atomic E-state index is -0.0214. The van der Waals surface area contributed by atoms with Crippen molar-refractivity contribution < 1.29 is 9.47 Å². The molecule has 0 saturated carbocycles. The van der Waals surface area contributed by atoms with Gasteiger partial charge >= 0.3 is 0 Å². The van der Waals surface area contributed by atoms with E-state index in [0.717, 1.165) is 6.42 Å². The summed E-state index contributed by atoms with van der Waals surface area (Å²) >= 11 is 0. The maximum Gasteiger partial charge on any atom is 0.100 e. The van der Waals surface area contributed by atoms with Crippen molar-refractivity contribution in [1.29, 1.82) is 0 Å². The van der Waals surface area contributed by atoms with Gasteiger partial charge in [-0.3, -0.25) is 0 Å². The maximum atomic E-state index is 6.32. The molecule has 1 unspecified atom stereocenters. The van der Waals surface area contributed by atoms with Gasteiger partial charge in [0.1, 0.15) is 5.60 Å². The van der Waals surface area contributed by atoms with Crippen LogP contribution in [0.25, 0.3) is 0 Å². The average Bonchev–Trinajstić information content (AvgIpc) is 2.51. The summed E-state index contributed by atoms with van der Waals surface area (Å²) in [7, 11) is 0. The molecule has 0 aliphatic carbocycles. The molecule has 0 spiro atoms. The van der Waals surface area contributed by atoms with E-state index in [1.807, 2.05) is 0 Å². The van der Waals surface area contributed by atoms with Crippen molar-refractivity contribution in [2.45, 2.75) is 71.9 Å². The molecular formula is C14H26O2. The fourth-order valence-electron chi connectivity index (χ4n) is 3.91. The zero-order valence-corrected chi connectivity index (χ0v) is 11.5. The van der Waals surface area contributed by atoms with Gasteiger partial charge < -0.3 is 9.47 Å². The topological polar surface area (TPSA) is 18.5 Å². The highest BCUT2D eigenvalue weighted by Gasteiger charge is 2.63. The second kappa shape index (κ2) is 3.99. The van der Waals surface area contributed by atoms with Gasteiger partial charge in [0.2, 0.25) is 0 Å². The van der Waals surface area contributed by atoms with Crippen LogP contribution in [0.5, 0.6) is 0 Å². The van der Waals surface area contributed by atoms with E-state index in [9.17, 15) is 0 Å². The van der Waals surface area contributed by atoms with Gasteiger partial charge in [-0.25, -0.2) is 0 Å². The molecule has 5 atom stereocenters. The summed E-state index contributed by atoms with van der Waals surface area (Å²) in [5, 5.41) is 0. The van der Waals surface area contributed by atoms with E-state index in [-0.39, 0.29) is 17.8 Å². The third-order valence-electron chi connectivity index (χ3n) is 4.28. The van der Waals surface area contributed by atoms with Crippen molar-refractivity contribution in [2.75, 3.05) is 0 Å². The molecule has 16 heavy (non-hydrogen) atoms. The van der Waals surface area contributed by atoms with E-state index in [1.54, 1.807) is 0 Å². The summed E-state index contributed by atoms with van der Waals surface area (Å²) in [6, 6.07) is 0. The fourth-order valence-corrected chi connectivity index (χ4v) is 3.91. The lowest BCUT2D eigenvalue weighted by atomic mass is 9.73. The molecule has 2 bridgehead atoms. The Kier molecular flexibility index (Phi) is 3.09. The lowest BCUT2D eigenvalue weighted by molar-refractivity contribution is -0.180. The van der Waals surface area contributed by atoms with Crippen LogP contribution in [0.1, 0.15) is 48.0 Å². The van der Waals surface area contributed by atoms with E-state index in [0.29, 0.717) is 23.9 Å². The van der Waals surface area contributed by atoms with Gasteiger partial charge in [0, 0.05) is 5.92 Å². The zero-order chi connectivity index (χ0) is 12.1. The number of rotatable bonds is 3. The quantitative estimate of drug-likeness (QED) is 0.735. The summed E-state index contributed by atoms with van der Waals surface area (Å²) in [6.07, 6.45) is 1.96. The molecule has 2 rings (SSSR count). The smallest absolute Gasteiger partial charge is 0.100 e. The Morgan fingerprint density at radius 3 is 2.25 bits per heavy atom. The number of ether oxygens (including phenoxy) is 2. The van der Waals surface area contributed by atoms with E-state index in [4.69, 9.17) is 9.47 Å². The zero-order valence-electron chi connectivity index (χ0n) is 11.5. The number of hydrogen-bond donors (Lipinski definition) is 0. The molecule has 0 N–H and O–H groups in total. The van der Waals surface area contributed by atoms with Crippen molar-refractivity contribution in [2.24, 2.45) is 17.8 Å².